The smallest absolute Gasteiger partial charge is 0.275 e. The Morgan fingerprint density at radius 1 is 1.47 bits per heavy atom. The van der Waals surface area contributed by atoms with Crippen LogP contribution in [0.25, 0.3) is 0 Å². The highest BCUT2D eigenvalue weighted by Crippen LogP contribution is 2.22. The molecule has 0 amide bonds. The highest BCUT2D eigenvalue weighted by atomic mass is 35.5. The Balaban J connectivity index is 1.90. The predicted molar refractivity (Wildman–Crippen MR) is 72.0 cm³/mol. The third-order valence-corrected chi connectivity index (χ3v) is 2.90. The maximum absolute atomic E-state index is 10.9. The van der Waals surface area contributed by atoms with Gasteiger partial charge < -0.3 is 9.88 Å². The van der Waals surface area contributed by atoms with E-state index >= 15 is 0 Å². The number of hydrogen-bond acceptors (Lipinski definition) is 4. The van der Waals surface area contributed by atoms with Crippen LogP contribution in [0.5, 0.6) is 0 Å². The van der Waals surface area contributed by atoms with Crippen LogP contribution in [0.4, 0.5) is 5.69 Å². The number of nitro benzene ring substituents is 1. The summed E-state index contributed by atoms with van der Waals surface area (Å²) in [4.78, 5) is 14.4. The van der Waals surface area contributed by atoms with Crippen molar-refractivity contribution in [1.82, 2.24) is 14.9 Å². The maximum Gasteiger partial charge on any atom is 0.275 e. The zero-order valence-corrected chi connectivity index (χ0v) is 10.9. The van der Waals surface area contributed by atoms with Crippen LogP contribution >= 0.6 is 11.6 Å². The monoisotopic (exact) mass is 280 g/mol. The number of nitro groups is 1. The van der Waals surface area contributed by atoms with E-state index in [2.05, 4.69) is 10.3 Å². The fourth-order valence-electron chi connectivity index (χ4n) is 1.71. The van der Waals surface area contributed by atoms with E-state index in [-0.39, 0.29) is 5.69 Å². The normalized spacial score (nSPS) is 10.6. The minimum atomic E-state index is -0.418. The maximum atomic E-state index is 10.9. The molecule has 7 heteroatoms. The Kier molecular flexibility index (Phi) is 4.48. The molecule has 0 fully saturated rings. The van der Waals surface area contributed by atoms with Gasteiger partial charge in [0.25, 0.3) is 5.69 Å². The second-order valence-electron chi connectivity index (χ2n) is 4.01. The summed E-state index contributed by atoms with van der Waals surface area (Å²) in [6.45, 7) is 1.90. The summed E-state index contributed by atoms with van der Waals surface area (Å²) in [5, 5.41) is 14.4. The lowest BCUT2D eigenvalue weighted by atomic mass is 10.2. The molecule has 0 unspecified atom stereocenters. The van der Waals surface area contributed by atoms with Gasteiger partial charge in [-0.05, 0) is 12.1 Å². The molecule has 2 rings (SSSR count). The van der Waals surface area contributed by atoms with E-state index in [1.165, 1.54) is 6.07 Å². The summed E-state index contributed by atoms with van der Waals surface area (Å²) < 4.78 is 1.93. The lowest BCUT2D eigenvalue weighted by Crippen LogP contribution is -2.19. The molecule has 1 N–H and O–H groups in total. The molecular formula is C12H13ClN4O2. The molecule has 0 spiro atoms. The van der Waals surface area contributed by atoms with Crippen molar-refractivity contribution in [2.24, 2.45) is 0 Å². The minimum absolute atomic E-state index is 0.0441. The van der Waals surface area contributed by atoms with Crippen molar-refractivity contribution in [3.63, 3.8) is 0 Å². The molecule has 19 heavy (non-hydrogen) atoms. The molecule has 6 nitrogen and oxygen atoms in total. The van der Waals surface area contributed by atoms with Crippen LogP contribution < -0.4 is 5.32 Å². The van der Waals surface area contributed by atoms with Gasteiger partial charge in [0, 0.05) is 48.7 Å². The largest absolute Gasteiger partial charge is 0.336 e. The van der Waals surface area contributed by atoms with Crippen LogP contribution in [0.1, 0.15) is 5.56 Å². The van der Waals surface area contributed by atoms with Gasteiger partial charge >= 0.3 is 0 Å². The molecular weight excluding hydrogens is 268 g/mol. The number of benzene rings is 1. The van der Waals surface area contributed by atoms with Crippen LogP contribution in [0, 0.1) is 10.1 Å². The molecule has 0 bridgehead atoms. The number of halogens is 1. The quantitative estimate of drug-likeness (QED) is 0.500. The van der Waals surface area contributed by atoms with Crippen molar-refractivity contribution in [3.05, 3.63) is 57.6 Å². The molecule has 0 atom stereocenters. The van der Waals surface area contributed by atoms with E-state index in [0.29, 0.717) is 23.7 Å². The van der Waals surface area contributed by atoms with Crippen LogP contribution in [0.15, 0.2) is 36.9 Å². The Labute approximate surface area is 115 Å². The van der Waals surface area contributed by atoms with Gasteiger partial charge in [0.15, 0.2) is 0 Å². The third-order valence-electron chi connectivity index (χ3n) is 2.67. The summed E-state index contributed by atoms with van der Waals surface area (Å²) in [7, 11) is 0. The topological polar surface area (TPSA) is 73.0 Å². The second-order valence-corrected chi connectivity index (χ2v) is 4.44. The second kappa shape index (κ2) is 6.31. The first-order valence-electron chi connectivity index (χ1n) is 5.76. The lowest BCUT2D eigenvalue weighted by molar-refractivity contribution is -0.385. The van der Waals surface area contributed by atoms with Crippen LogP contribution in [0.3, 0.4) is 0 Å². The van der Waals surface area contributed by atoms with Gasteiger partial charge in [-0.1, -0.05) is 11.6 Å². The predicted octanol–water partition coefficient (Wildman–Crippen LogP) is 2.23. The molecule has 0 aliphatic carbocycles. The zero-order chi connectivity index (χ0) is 13.7. The van der Waals surface area contributed by atoms with Crippen molar-refractivity contribution in [2.75, 3.05) is 6.54 Å². The van der Waals surface area contributed by atoms with E-state index in [4.69, 9.17) is 11.6 Å². The van der Waals surface area contributed by atoms with Gasteiger partial charge in [-0.2, -0.15) is 0 Å². The Hall–Kier alpha value is -1.92. The molecule has 0 radical (unpaired) electrons. The molecule has 0 aliphatic rings. The van der Waals surface area contributed by atoms with E-state index in [0.717, 1.165) is 6.54 Å². The third kappa shape index (κ3) is 3.77. The van der Waals surface area contributed by atoms with E-state index < -0.39 is 4.92 Å². The molecule has 1 aromatic carbocycles. The number of nitrogens with one attached hydrogen (secondary N) is 1. The number of rotatable bonds is 6. The van der Waals surface area contributed by atoms with E-state index in [9.17, 15) is 10.1 Å². The molecule has 100 valence electrons. The molecule has 0 saturated carbocycles. The van der Waals surface area contributed by atoms with Crippen molar-refractivity contribution >= 4 is 17.3 Å². The fraction of sp³-hybridized carbons (Fsp3) is 0.250. The minimum Gasteiger partial charge on any atom is -0.336 e. The van der Waals surface area contributed by atoms with Crippen LogP contribution in [0.2, 0.25) is 5.02 Å². The summed E-state index contributed by atoms with van der Waals surface area (Å²) in [5.41, 5.74) is 0.669. The fourth-order valence-corrected chi connectivity index (χ4v) is 1.87. The van der Waals surface area contributed by atoms with Gasteiger partial charge in [0.05, 0.1) is 11.3 Å². The van der Waals surface area contributed by atoms with E-state index in [1.54, 1.807) is 24.7 Å². The lowest BCUT2D eigenvalue weighted by Gasteiger charge is -2.06. The average Bonchev–Trinajstić information content (AvgIpc) is 2.89. The van der Waals surface area contributed by atoms with Gasteiger partial charge in [-0.3, -0.25) is 10.1 Å². The molecule has 1 aromatic heterocycles. The summed E-state index contributed by atoms with van der Waals surface area (Å²) in [5.74, 6) is 0. The first-order chi connectivity index (χ1) is 9.16. The van der Waals surface area contributed by atoms with Crippen LogP contribution in [-0.2, 0) is 13.1 Å². The number of nitrogens with zero attached hydrogens (tertiary/aromatic N) is 3. The van der Waals surface area contributed by atoms with Crippen LogP contribution in [-0.4, -0.2) is 21.0 Å². The van der Waals surface area contributed by atoms with Crippen molar-refractivity contribution in [2.45, 2.75) is 13.1 Å². The summed E-state index contributed by atoms with van der Waals surface area (Å²) >= 11 is 5.75. The molecule has 0 saturated heterocycles. The van der Waals surface area contributed by atoms with E-state index in [1.807, 2.05) is 10.8 Å². The first-order valence-corrected chi connectivity index (χ1v) is 6.14. The highest BCUT2D eigenvalue weighted by molar-refractivity contribution is 6.30. The molecule has 1 heterocycles. The van der Waals surface area contributed by atoms with Gasteiger partial charge in [-0.25, -0.2) is 4.98 Å². The van der Waals surface area contributed by atoms with Gasteiger partial charge in [0.2, 0.25) is 0 Å². The molecule has 2 aromatic rings. The Bertz CT molecular complexity index is 557. The van der Waals surface area contributed by atoms with Crippen molar-refractivity contribution < 1.29 is 4.92 Å². The van der Waals surface area contributed by atoms with Gasteiger partial charge in [0.1, 0.15) is 0 Å². The van der Waals surface area contributed by atoms with Crippen molar-refractivity contribution in [1.29, 1.82) is 0 Å². The number of imidazole rings is 1. The average molecular weight is 281 g/mol. The first kappa shape index (κ1) is 13.5. The summed E-state index contributed by atoms with van der Waals surface area (Å²) in [6, 6.07) is 4.69. The summed E-state index contributed by atoms with van der Waals surface area (Å²) in [6.07, 6.45) is 5.31. The number of aromatic nitrogens is 2. The van der Waals surface area contributed by atoms with Crippen molar-refractivity contribution in [3.8, 4) is 0 Å². The molecule has 0 aliphatic heterocycles. The highest BCUT2D eigenvalue weighted by Gasteiger charge is 2.13. The Morgan fingerprint density at radius 3 is 3.00 bits per heavy atom. The zero-order valence-electron chi connectivity index (χ0n) is 10.1. The SMILES string of the molecule is O=[N+]([O-])c1cc(Cl)ccc1CNCCn1ccnc1. The number of hydrogen-bond donors (Lipinski definition) is 1. The Morgan fingerprint density at radius 2 is 2.32 bits per heavy atom. The van der Waals surface area contributed by atoms with Gasteiger partial charge in [-0.15, -0.1) is 0 Å². The standard InChI is InChI=1S/C12H13ClN4O2/c13-11-2-1-10(12(7-11)17(18)19)8-14-3-5-16-6-4-15-9-16/h1-2,4,6-7,9,14H,3,5,8H2.